The maximum absolute atomic E-state index is 13.0. The molecule has 10 heteroatoms. The maximum atomic E-state index is 13.0. The first kappa shape index (κ1) is 20.3. The topological polar surface area (TPSA) is 55.3 Å². The zero-order valence-electron chi connectivity index (χ0n) is 14.9. The van der Waals surface area contributed by atoms with E-state index in [0.717, 1.165) is 0 Å². The van der Waals surface area contributed by atoms with Crippen molar-refractivity contribution < 1.29 is 27.1 Å². The highest BCUT2D eigenvalue weighted by atomic mass is 35.5. The van der Waals surface area contributed by atoms with E-state index in [1.807, 2.05) is 0 Å². The Balaban J connectivity index is 1.76. The molecule has 1 unspecified atom stereocenters. The molecule has 0 saturated heterocycles. The van der Waals surface area contributed by atoms with Crippen molar-refractivity contribution in [3.63, 3.8) is 0 Å². The fraction of sp³-hybridized carbons (Fsp3) is 0.389. The zero-order valence-corrected chi connectivity index (χ0v) is 15.7. The zero-order chi connectivity index (χ0) is 20.6. The average molecular weight is 418 g/mol. The summed E-state index contributed by atoms with van der Waals surface area (Å²) in [4.78, 5) is 22.1. The summed E-state index contributed by atoms with van der Waals surface area (Å²) in [6, 6.07) is 2.82. The minimum absolute atomic E-state index is 0.167. The molecule has 1 atom stereocenters. The lowest BCUT2D eigenvalue weighted by atomic mass is 10.1. The Morgan fingerprint density at radius 2 is 2.07 bits per heavy atom. The second kappa shape index (κ2) is 7.54. The number of hydrogen-bond acceptors (Lipinski definition) is 4. The summed E-state index contributed by atoms with van der Waals surface area (Å²) >= 11 is 6.06. The molecule has 0 bridgehead atoms. The van der Waals surface area contributed by atoms with E-state index in [1.54, 1.807) is 30.9 Å². The first-order chi connectivity index (χ1) is 13.1. The van der Waals surface area contributed by atoms with E-state index in [9.17, 15) is 22.4 Å². The van der Waals surface area contributed by atoms with Crippen molar-refractivity contribution in [1.29, 1.82) is 0 Å². The van der Waals surface area contributed by atoms with E-state index in [4.69, 9.17) is 16.3 Å². The lowest BCUT2D eigenvalue weighted by Crippen LogP contribution is -2.34. The van der Waals surface area contributed by atoms with Gasteiger partial charge in [0.25, 0.3) is 5.91 Å². The Morgan fingerprint density at radius 3 is 2.68 bits per heavy atom. The Labute approximate surface area is 163 Å². The van der Waals surface area contributed by atoms with Crippen LogP contribution in [0, 0.1) is 6.92 Å². The van der Waals surface area contributed by atoms with Crippen LogP contribution in [0.15, 0.2) is 24.5 Å². The van der Waals surface area contributed by atoms with E-state index in [2.05, 4.69) is 9.97 Å². The summed E-state index contributed by atoms with van der Waals surface area (Å²) in [5, 5.41) is 0.263. The van der Waals surface area contributed by atoms with Crippen molar-refractivity contribution >= 4 is 17.5 Å². The maximum Gasteiger partial charge on any atom is 0.340 e. The fourth-order valence-corrected chi connectivity index (χ4v) is 3.12. The average Bonchev–Trinajstić information content (AvgIpc) is 2.98. The smallest absolute Gasteiger partial charge is 0.340 e. The van der Waals surface area contributed by atoms with Crippen molar-refractivity contribution in [2.24, 2.45) is 0 Å². The van der Waals surface area contributed by atoms with Gasteiger partial charge in [0.15, 0.2) is 6.61 Å². The number of ether oxygens (including phenoxy) is 1. The summed E-state index contributed by atoms with van der Waals surface area (Å²) in [6.45, 7) is 2.15. The van der Waals surface area contributed by atoms with Crippen molar-refractivity contribution in [2.45, 2.75) is 38.8 Å². The number of alkyl halides is 4. The molecule has 0 aliphatic carbocycles. The van der Waals surface area contributed by atoms with Crippen LogP contribution in [-0.4, -0.2) is 39.7 Å². The molecular weight excluding hydrogens is 402 g/mol. The third-order valence-electron chi connectivity index (χ3n) is 4.54. The Bertz CT molecular complexity index is 910. The van der Waals surface area contributed by atoms with E-state index in [0.29, 0.717) is 22.3 Å². The minimum atomic E-state index is -4.26. The van der Waals surface area contributed by atoms with E-state index >= 15 is 0 Å². The summed E-state index contributed by atoms with van der Waals surface area (Å²) in [6.07, 6.45) is -1.000. The molecular formula is C18H16ClF4N3O2. The number of fused-ring (bicyclic) bond motifs is 1. The third kappa shape index (κ3) is 3.76. The Morgan fingerprint density at radius 1 is 1.36 bits per heavy atom. The SMILES string of the molecule is Cc1cc(C(C)N2Cc3c(ccnc3Cl)C2=O)cnc1OCC(F)(F)C(F)F. The first-order valence-corrected chi connectivity index (χ1v) is 8.69. The molecule has 5 nitrogen and oxygen atoms in total. The number of carbonyl (C=O) groups excluding carboxylic acids is 1. The molecule has 0 radical (unpaired) electrons. The van der Waals surface area contributed by atoms with Gasteiger partial charge in [0.1, 0.15) is 5.15 Å². The van der Waals surface area contributed by atoms with E-state index < -0.39 is 25.0 Å². The number of carbonyl (C=O) groups is 1. The van der Waals surface area contributed by atoms with Crippen LogP contribution in [0.4, 0.5) is 17.6 Å². The van der Waals surface area contributed by atoms with Gasteiger partial charge in [-0.2, -0.15) is 8.78 Å². The lowest BCUT2D eigenvalue weighted by molar-refractivity contribution is -0.148. The van der Waals surface area contributed by atoms with E-state index in [1.165, 1.54) is 12.4 Å². The number of halogens is 5. The number of aryl methyl sites for hydroxylation is 1. The molecule has 3 heterocycles. The van der Waals surface area contributed by atoms with Crippen LogP contribution in [0.5, 0.6) is 5.88 Å². The normalized spacial score (nSPS) is 15.1. The standard InChI is InChI=1S/C18H16ClF4N3O2/c1-9-5-11(6-25-15(9)28-8-18(22,23)17(20)21)10(2)26-7-13-12(16(26)27)3-4-24-14(13)19/h3-6,10,17H,7-8H2,1-2H3. The number of amides is 1. The van der Waals surface area contributed by atoms with Crippen LogP contribution >= 0.6 is 11.6 Å². The molecule has 1 aliphatic heterocycles. The molecule has 1 aliphatic rings. The quantitative estimate of drug-likeness (QED) is 0.515. The molecule has 2 aromatic heterocycles. The number of pyridine rings is 2. The van der Waals surface area contributed by atoms with Crippen molar-refractivity contribution in [3.05, 3.63) is 51.9 Å². The monoisotopic (exact) mass is 417 g/mol. The molecule has 0 spiro atoms. The largest absolute Gasteiger partial charge is 0.471 e. The van der Waals surface area contributed by atoms with Crippen LogP contribution < -0.4 is 4.74 Å². The van der Waals surface area contributed by atoms with Crippen molar-refractivity contribution in [3.8, 4) is 5.88 Å². The summed E-state index contributed by atoms with van der Waals surface area (Å²) < 4.78 is 55.3. The van der Waals surface area contributed by atoms with Gasteiger partial charge in [0.05, 0.1) is 12.6 Å². The highest BCUT2D eigenvalue weighted by Crippen LogP contribution is 2.34. The number of aromatic nitrogens is 2. The van der Waals surface area contributed by atoms with Gasteiger partial charge in [0, 0.05) is 29.1 Å². The van der Waals surface area contributed by atoms with E-state index in [-0.39, 0.29) is 23.5 Å². The molecule has 2 aromatic rings. The predicted molar refractivity (Wildman–Crippen MR) is 93.0 cm³/mol. The summed E-state index contributed by atoms with van der Waals surface area (Å²) in [7, 11) is 0. The molecule has 0 aromatic carbocycles. The molecule has 0 fully saturated rings. The molecule has 28 heavy (non-hydrogen) atoms. The molecule has 1 amide bonds. The van der Waals surface area contributed by atoms with Gasteiger partial charge in [-0.1, -0.05) is 11.6 Å². The second-order valence-electron chi connectivity index (χ2n) is 6.48. The predicted octanol–water partition coefficient (Wildman–Crippen LogP) is 4.43. The number of hydrogen-bond donors (Lipinski definition) is 0. The highest BCUT2D eigenvalue weighted by Gasteiger charge is 2.42. The Hall–Kier alpha value is -2.42. The van der Waals surface area contributed by atoms with Gasteiger partial charge in [-0.3, -0.25) is 4.79 Å². The summed E-state index contributed by atoms with van der Waals surface area (Å²) in [5.74, 6) is -4.64. The van der Waals surface area contributed by atoms with Gasteiger partial charge in [-0.05, 0) is 31.5 Å². The fourth-order valence-electron chi connectivity index (χ4n) is 2.90. The van der Waals surface area contributed by atoms with Gasteiger partial charge in [-0.25, -0.2) is 18.7 Å². The van der Waals surface area contributed by atoms with Gasteiger partial charge < -0.3 is 9.64 Å². The van der Waals surface area contributed by atoms with Crippen molar-refractivity contribution in [2.75, 3.05) is 6.61 Å². The van der Waals surface area contributed by atoms with Crippen molar-refractivity contribution in [1.82, 2.24) is 14.9 Å². The number of nitrogens with zero attached hydrogens (tertiary/aromatic N) is 3. The van der Waals surface area contributed by atoms with Gasteiger partial charge in [-0.15, -0.1) is 0 Å². The minimum Gasteiger partial charge on any atom is -0.471 e. The van der Waals surface area contributed by atoms with Crippen LogP contribution in [0.1, 0.15) is 40.0 Å². The Kier molecular flexibility index (Phi) is 5.47. The molecule has 0 N–H and O–H groups in total. The van der Waals surface area contributed by atoms with Crippen LogP contribution in [0.2, 0.25) is 5.15 Å². The van der Waals surface area contributed by atoms with Crippen LogP contribution in [0.25, 0.3) is 0 Å². The highest BCUT2D eigenvalue weighted by molar-refractivity contribution is 6.30. The summed E-state index contributed by atoms with van der Waals surface area (Å²) in [5.41, 5.74) is 2.14. The van der Waals surface area contributed by atoms with Gasteiger partial charge in [0.2, 0.25) is 5.88 Å². The van der Waals surface area contributed by atoms with Gasteiger partial charge >= 0.3 is 12.3 Å². The second-order valence-corrected chi connectivity index (χ2v) is 6.84. The lowest BCUT2D eigenvalue weighted by Gasteiger charge is -2.25. The molecule has 0 saturated carbocycles. The third-order valence-corrected chi connectivity index (χ3v) is 4.87. The van der Waals surface area contributed by atoms with Crippen LogP contribution in [-0.2, 0) is 6.54 Å². The first-order valence-electron chi connectivity index (χ1n) is 8.31. The molecule has 3 rings (SSSR count). The molecule has 150 valence electrons. The number of rotatable bonds is 6. The van der Waals surface area contributed by atoms with Crippen LogP contribution in [0.3, 0.4) is 0 Å².